The van der Waals surface area contributed by atoms with Gasteiger partial charge in [0.05, 0.1) is 0 Å². The molecule has 0 aliphatic heterocycles. The number of amides is 1. The van der Waals surface area contributed by atoms with Crippen molar-refractivity contribution in [2.24, 2.45) is 0 Å². The van der Waals surface area contributed by atoms with Crippen molar-refractivity contribution in [3.63, 3.8) is 0 Å². The van der Waals surface area contributed by atoms with E-state index >= 15 is 0 Å². The molecule has 0 radical (unpaired) electrons. The lowest BCUT2D eigenvalue weighted by atomic mass is 10.2. The average molecular weight is 326 g/mol. The minimum atomic E-state index is -0.268. The highest BCUT2D eigenvalue weighted by atomic mass is 35.5. The van der Waals surface area contributed by atoms with Gasteiger partial charge in [-0.3, -0.25) is 10.1 Å². The van der Waals surface area contributed by atoms with E-state index in [1.807, 2.05) is 20.8 Å². The third kappa shape index (κ3) is 4.41. The predicted molar refractivity (Wildman–Crippen MR) is 84.3 cm³/mol. The lowest BCUT2D eigenvalue weighted by Gasteiger charge is -2.08. The number of nitrogens with zero attached hydrogens (tertiary/aromatic N) is 2. The van der Waals surface area contributed by atoms with Gasteiger partial charge in [0, 0.05) is 10.9 Å². The molecule has 5 nitrogen and oxygen atoms in total. The average Bonchev–Trinajstić information content (AvgIpc) is 2.86. The van der Waals surface area contributed by atoms with E-state index in [1.54, 1.807) is 18.2 Å². The van der Waals surface area contributed by atoms with Gasteiger partial charge < -0.3 is 4.74 Å². The Morgan fingerprint density at radius 3 is 2.81 bits per heavy atom. The van der Waals surface area contributed by atoms with Crippen LogP contribution >= 0.6 is 22.9 Å². The van der Waals surface area contributed by atoms with Crippen LogP contribution in [-0.2, 0) is 4.79 Å². The first kappa shape index (κ1) is 15.7. The summed E-state index contributed by atoms with van der Waals surface area (Å²) in [6.45, 7) is 5.84. The number of hydrogen-bond acceptors (Lipinski definition) is 5. The van der Waals surface area contributed by atoms with Crippen molar-refractivity contribution in [2.75, 3.05) is 11.9 Å². The summed E-state index contributed by atoms with van der Waals surface area (Å²) in [5.41, 5.74) is 0.883. The normalized spacial score (nSPS) is 10.7. The molecule has 0 spiro atoms. The highest BCUT2D eigenvalue weighted by molar-refractivity contribution is 7.15. The molecule has 0 saturated heterocycles. The lowest BCUT2D eigenvalue weighted by Crippen LogP contribution is -2.20. The van der Waals surface area contributed by atoms with E-state index < -0.39 is 0 Å². The van der Waals surface area contributed by atoms with Crippen LogP contribution in [0.1, 0.15) is 30.3 Å². The summed E-state index contributed by atoms with van der Waals surface area (Å²) < 4.78 is 5.47. The largest absolute Gasteiger partial charge is 0.483 e. The van der Waals surface area contributed by atoms with Crippen molar-refractivity contribution in [3.8, 4) is 5.75 Å². The molecule has 0 aliphatic rings. The van der Waals surface area contributed by atoms with E-state index in [-0.39, 0.29) is 12.5 Å². The summed E-state index contributed by atoms with van der Waals surface area (Å²) >= 11 is 7.24. The van der Waals surface area contributed by atoms with Gasteiger partial charge in [0.25, 0.3) is 5.91 Å². The molecule has 1 heterocycles. The molecule has 1 aromatic carbocycles. The monoisotopic (exact) mass is 325 g/mol. The Balaban J connectivity index is 1.89. The maximum Gasteiger partial charge on any atom is 0.264 e. The van der Waals surface area contributed by atoms with Crippen molar-refractivity contribution in [3.05, 3.63) is 33.8 Å². The summed E-state index contributed by atoms with van der Waals surface area (Å²) in [5, 5.41) is 12.6. The molecule has 112 valence electrons. The Kier molecular flexibility index (Phi) is 5.14. The predicted octanol–water partition coefficient (Wildman–Crippen LogP) is 3.64. The summed E-state index contributed by atoms with van der Waals surface area (Å²) in [4.78, 5) is 11.8. The van der Waals surface area contributed by atoms with Gasteiger partial charge in [-0.05, 0) is 30.7 Å². The van der Waals surface area contributed by atoms with Gasteiger partial charge in [0.15, 0.2) is 6.61 Å². The minimum absolute atomic E-state index is 0.0843. The van der Waals surface area contributed by atoms with Crippen molar-refractivity contribution in [1.82, 2.24) is 10.2 Å². The maximum absolute atomic E-state index is 11.8. The molecule has 1 aromatic heterocycles. The number of carbonyl (C=O) groups excluding carboxylic acids is 1. The van der Waals surface area contributed by atoms with Crippen LogP contribution in [0, 0.1) is 6.92 Å². The molecule has 0 fully saturated rings. The number of nitrogens with one attached hydrogen (secondary N) is 1. The number of carbonyl (C=O) groups is 1. The molecule has 21 heavy (non-hydrogen) atoms. The van der Waals surface area contributed by atoms with E-state index in [2.05, 4.69) is 15.5 Å². The van der Waals surface area contributed by atoms with Crippen LogP contribution < -0.4 is 10.1 Å². The quantitative estimate of drug-likeness (QED) is 0.911. The van der Waals surface area contributed by atoms with Gasteiger partial charge in [0.1, 0.15) is 10.8 Å². The van der Waals surface area contributed by atoms with E-state index in [0.29, 0.717) is 21.8 Å². The molecular weight excluding hydrogens is 310 g/mol. The SMILES string of the molecule is Cc1cc(Cl)ccc1OCC(=O)Nc1nnc(C(C)C)s1. The number of hydrogen-bond donors (Lipinski definition) is 1. The fourth-order valence-electron chi connectivity index (χ4n) is 1.59. The van der Waals surface area contributed by atoms with Crippen molar-refractivity contribution in [1.29, 1.82) is 0 Å². The molecule has 1 N–H and O–H groups in total. The Hall–Kier alpha value is -1.66. The molecule has 2 rings (SSSR count). The second kappa shape index (κ2) is 6.87. The Labute approximate surface area is 132 Å². The van der Waals surface area contributed by atoms with Gasteiger partial charge in [-0.2, -0.15) is 0 Å². The highest BCUT2D eigenvalue weighted by Gasteiger charge is 2.11. The van der Waals surface area contributed by atoms with E-state index in [4.69, 9.17) is 16.3 Å². The molecular formula is C14H16ClN3O2S. The fraction of sp³-hybridized carbons (Fsp3) is 0.357. The molecule has 0 aliphatic carbocycles. The number of aryl methyl sites for hydroxylation is 1. The van der Waals surface area contributed by atoms with Crippen molar-refractivity contribution < 1.29 is 9.53 Å². The third-order valence-electron chi connectivity index (χ3n) is 2.68. The van der Waals surface area contributed by atoms with Crippen LogP contribution in [-0.4, -0.2) is 22.7 Å². The first-order chi connectivity index (χ1) is 9.95. The second-order valence-electron chi connectivity index (χ2n) is 4.85. The second-order valence-corrected chi connectivity index (χ2v) is 6.29. The molecule has 0 atom stereocenters. The summed E-state index contributed by atoms with van der Waals surface area (Å²) in [6, 6.07) is 5.25. The van der Waals surface area contributed by atoms with Gasteiger partial charge in [-0.1, -0.05) is 36.8 Å². The number of ether oxygens (including phenoxy) is 1. The third-order valence-corrected chi connectivity index (χ3v) is 4.05. The smallest absolute Gasteiger partial charge is 0.264 e. The van der Waals surface area contributed by atoms with Crippen molar-refractivity contribution >= 4 is 34.0 Å². The highest BCUT2D eigenvalue weighted by Crippen LogP contribution is 2.23. The number of benzene rings is 1. The Morgan fingerprint density at radius 2 is 2.19 bits per heavy atom. The topological polar surface area (TPSA) is 64.1 Å². The molecule has 1 amide bonds. The summed E-state index contributed by atoms with van der Waals surface area (Å²) in [5.74, 6) is 0.659. The minimum Gasteiger partial charge on any atom is -0.483 e. The Bertz CT molecular complexity index is 643. The van der Waals surface area contributed by atoms with E-state index in [1.165, 1.54) is 11.3 Å². The van der Waals surface area contributed by atoms with Crippen LogP contribution in [0.15, 0.2) is 18.2 Å². The van der Waals surface area contributed by atoms with Crippen LogP contribution in [0.3, 0.4) is 0 Å². The van der Waals surface area contributed by atoms with E-state index in [0.717, 1.165) is 10.6 Å². The van der Waals surface area contributed by atoms with Gasteiger partial charge in [-0.15, -0.1) is 10.2 Å². The van der Waals surface area contributed by atoms with Gasteiger partial charge in [0.2, 0.25) is 5.13 Å². The fourth-order valence-corrected chi connectivity index (χ4v) is 2.58. The lowest BCUT2D eigenvalue weighted by molar-refractivity contribution is -0.118. The maximum atomic E-state index is 11.8. The zero-order valence-electron chi connectivity index (χ0n) is 12.0. The molecule has 0 unspecified atom stereocenters. The first-order valence-corrected chi connectivity index (χ1v) is 7.67. The zero-order chi connectivity index (χ0) is 15.4. The number of halogens is 1. The summed E-state index contributed by atoms with van der Waals surface area (Å²) in [7, 11) is 0. The van der Waals surface area contributed by atoms with Crippen LogP contribution in [0.25, 0.3) is 0 Å². The molecule has 7 heteroatoms. The number of anilines is 1. The summed E-state index contributed by atoms with van der Waals surface area (Å²) in [6.07, 6.45) is 0. The van der Waals surface area contributed by atoms with Crippen LogP contribution in [0.5, 0.6) is 5.75 Å². The van der Waals surface area contributed by atoms with Crippen molar-refractivity contribution in [2.45, 2.75) is 26.7 Å². The first-order valence-electron chi connectivity index (χ1n) is 6.48. The Morgan fingerprint density at radius 1 is 1.43 bits per heavy atom. The number of aromatic nitrogens is 2. The molecule has 0 bridgehead atoms. The van der Waals surface area contributed by atoms with Gasteiger partial charge in [-0.25, -0.2) is 0 Å². The zero-order valence-corrected chi connectivity index (χ0v) is 13.6. The standard InChI is InChI=1S/C14H16ClN3O2S/c1-8(2)13-17-18-14(21-13)16-12(19)7-20-11-5-4-10(15)6-9(11)3/h4-6,8H,7H2,1-3H3,(H,16,18,19). The molecule has 2 aromatic rings. The van der Waals surface area contributed by atoms with Crippen LogP contribution in [0.4, 0.5) is 5.13 Å². The molecule has 0 saturated carbocycles. The number of rotatable bonds is 5. The van der Waals surface area contributed by atoms with Crippen LogP contribution in [0.2, 0.25) is 5.02 Å². The van der Waals surface area contributed by atoms with Gasteiger partial charge >= 0.3 is 0 Å². The van der Waals surface area contributed by atoms with E-state index in [9.17, 15) is 4.79 Å².